The zero-order chi connectivity index (χ0) is 20.0. The van der Waals surface area contributed by atoms with Crippen molar-refractivity contribution >= 4 is 11.9 Å². The Kier molecular flexibility index (Phi) is 7.69. The molecule has 27 heavy (non-hydrogen) atoms. The average molecular weight is 376 g/mol. The fraction of sp³-hybridized carbons (Fsp3) is 0.636. The molecule has 0 N–H and O–H groups in total. The molecule has 0 unspecified atom stereocenters. The second-order valence-electron chi connectivity index (χ2n) is 8.13. The third kappa shape index (κ3) is 6.89. The van der Waals surface area contributed by atoms with Crippen LogP contribution >= 0.6 is 0 Å². The van der Waals surface area contributed by atoms with E-state index in [1.54, 1.807) is 0 Å². The molecule has 5 heteroatoms. The summed E-state index contributed by atoms with van der Waals surface area (Å²) < 4.78 is 16.1. The van der Waals surface area contributed by atoms with Gasteiger partial charge in [-0.1, -0.05) is 33.3 Å². The van der Waals surface area contributed by atoms with Gasteiger partial charge in [0, 0.05) is 0 Å². The van der Waals surface area contributed by atoms with E-state index in [4.69, 9.17) is 14.2 Å². The van der Waals surface area contributed by atoms with Crippen LogP contribution in [0.15, 0.2) is 18.2 Å². The molecule has 1 aliphatic rings. The quantitative estimate of drug-likeness (QED) is 0.667. The number of rotatable bonds is 7. The molecular weight excluding hydrogens is 344 g/mol. The smallest absolute Gasteiger partial charge is 0.344 e. The lowest BCUT2D eigenvalue weighted by Crippen LogP contribution is -2.37. The molecule has 3 atom stereocenters. The van der Waals surface area contributed by atoms with Crippen LogP contribution in [0, 0.1) is 31.6 Å². The molecular formula is C22H32O5. The Morgan fingerprint density at radius 1 is 1.04 bits per heavy atom. The summed E-state index contributed by atoms with van der Waals surface area (Å²) in [7, 11) is 0. The summed E-state index contributed by atoms with van der Waals surface area (Å²) in [5.41, 5.74) is 2.12. The van der Waals surface area contributed by atoms with Crippen LogP contribution in [0.1, 0.15) is 51.2 Å². The van der Waals surface area contributed by atoms with Crippen LogP contribution in [-0.2, 0) is 19.1 Å². The van der Waals surface area contributed by atoms with E-state index in [9.17, 15) is 9.59 Å². The van der Waals surface area contributed by atoms with Crippen molar-refractivity contribution in [3.05, 3.63) is 29.3 Å². The summed E-state index contributed by atoms with van der Waals surface area (Å²) in [6, 6.07) is 5.73. The molecule has 5 nitrogen and oxygen atoms in total. The van der Waals surface area contributed by atoms with E-state index < -0.39 is 11.9 Å². The first-order valence-corrected chi connectivity index (χ1v) is 9.80. The first-order chi connectivity index (χ1) is 12.7. The van der Waals surface area contributed by atoms with Gasteiger partial charge in [-0.2, -0.15) is 0 Å². The average Bonchev–Trinajstić information content (AvgIpc) is 2.57. The number of benzene rings is 1. The van der Waals surface area contributed by atoms with Crippen molar-refractivity contribution in [3.63, 3.8) is 0 Å². The highest BCUT2D eigenvalue weighted by Crippen LogP contribution is 2.35. The van der Waals surface area contributed by atoms with E-state index in [-0.39, 0.29) is 19.3 Å². The number of hydrogen-bond acceptors (Lipinski definition) is 5. The van der Waals surface area contributed by atoms with Crippen molar-refractivity contribution in [1.82, 2.24) is 0 Å². The van der Waals surface area contributed by atoms with Crippen molar-refractivity contribution in [1.29, 1.82) is 0 Å². The van der Waals surface area contributed by atoms with Gasteiger partial charge in [-0.05, 0) is 67.7 Å². The summed E-state index contributed by atoms with van der Waals surface area (Å²) in [4.78, 5) is 24.0. The van der Waals surface area contributed by atoms with Crippen LogP contribution in [0.2, 0.25) is 0 Å². The van der Waals surface area contributed by atoms with Crippen molar-refractivity contribution < 1.29 is 23.8 Å². The molecule has 0 spiro atoms. The fourth-order valence-electron chi connectivity index (χ4n) is 3.79. The molecule has 1 aromatic rings. The number of esters is 2. The minimum Gasteiger partial charge on any atom is -0.482 e. The summed E-state index contributed by atoms with van der Waals surface area (Å²) in [5, 5.41) is 0. The van der Waals surface area contributed by atoms with Crippen molar-refractivity contribution in [2.45, 2.75) is 60.0 Å². The molecule has 0 radical (unpaired) electrons. The highest BCUT2D eigenvalue weighted by atomic mass is 16.6. The van der Waals surface area contributed by atoms with Gasteiger partial charge in [0.25, 0.3) is 0 Å². The van der Waals surface area contributed by atoms with E-state index in [1.165, 1.54) is 6.42 Å². The van der Waals surface area contributed by atoms with Gasteiger partial charge in [0.15, 0.2) is 13.2 Å². The molecule has 0 amide bonds. The molecule has 2 rings (SSSR count). The Bertz CT molecular complexity index is 632. The van der Waals surface area contributed by atoms with E-state index >= 15 is 0 Å². The van der Waals surface area contributed by atoms with Gasteiger partial charge in [0.2, 0.25) is 0 Å². The molecule has 0 aliphatic heterocycles. The second-order valence-corrected chi connectivity index (χ2v) is 8.13. The topological polar surface area (TPSA) is 61.8 Å². The zero-order valence-corrected chi connectivity index (χ0v) is 17.1. The Labute approximate surface area is 162 Å². The number of carbonyl (C=O) groups excluding carboxylic acids is 2. The van der Waals surface area contributed by atoms with E-state index in [2.05, 4.69) is 20.8 Å². The maximum atomic E-state index is 12.1. The minimum atomic E-state index is -0.580. The summed E-state index contributed by atoms with van der Waals surface area (Å²) in [6.45, 7) is 9.82. The SMILES string of the molecule is Cc1cc(C)cc(OCC(=O)OCC(=O)O[C@@H]2C[C@H](C)CC[C@@H]2C(C)C)c1. The molecule has 0 bridgehead atoms. The summed E-state index contributed by atoms with van der Waals surface area (Å²) >= 11 is 0. The highest BCUT2D eigenvalue weighted by Gasteiger charge is 2.33. The predicted molar refractivity (Wildman–Crippen MR) is 104 cm³/mol. The Balaban J connectivity index is 1.76. The van der Waals surface area contributed by atoms with Crippen LogP contribution in [0.25, 0.3) is 0 Å². The third-order valence-electron chi connectivity index (χ3n) is 5.15. The van der Waals surface area contributed by atoms with Crippen molar-refractivity contribution in [2.75, 3.05) is 13.2 Å². The molecule has 1 saturated carbocycles. The van der Waals surface area contributed by atoms with Gasteiger partial charge in [0.05, 0.1) is 0 Å². The van der Waals surface area contributed by atoms with Crippen LogP contribution in [0.3, 0.4) is 0 Å². The zero-order valence-electron chi connectivity index (χ0n) is 17.1. The monoisotopic (exact) mass is 376 g/mol. The lowest BCUT2D eigenvalue weighted by atomic mass is 9.75. The Hall–Kier alpha value is -2.04. The standard InChI is InChI=1S/C22H32O5/c1-14(2)19-7-6-15(3)11-20(19)27-22(24)13-26-21(23)12-25-18-9-16(4)8-17(5)10-18/h8-10,14-15,19-20H,6-7,11-13H2,1-5H3/t15-,19-,20-/m1/s1. The molecule has 1 fully saturated rings. The first kappa shape index (κ1) is 21.3. The van der Waals surface area contributed by atoms with E-state index in [1.807, 2.05) is 32.0 Å². The lowest BCUT2D eigenvalue weighted by molar-refractivity contribution is -0.167. The van der Waals surface area contributed by atoms with Gasteiger partial charge in [0.1, 0.15) is 11.9 Å². The molecule has 0 heterocycles. The molecule has 150 valence electrons. The Morgan fingerprint density at radius 2 is 1.70 bits per heavy atom. The van der Waals surface area contributed by atoms with Crippen LogP contribution in [-0.4, -0.2) is 31.3 Å². The molecule has 1 aromatic carbocycles. The predicted octanol–water partition coefficient (Wildman–Crippen LogP) is 4.23. The molecule has 1 aliphatic carbocycles. The van der Waals surface area contributed by atoms with Crippen LogP contribution in [0.4, 0.5) is 0 Å². The van der Waals surface area contributed by atoms with Crippen LogP contribution in [0.5, 0.6) is 5.75 Å². The largest absolute Gasteiger partial charge is 0.482 e. The van der Waals surface area contributed by atoms with Gasteiger partial charge in [-0.15, -0.1) is 0 Å². The third-order valence-corrected chi connectivity index (χ3v) is 5.15. The van der Waals surface area contributed by atoms with Crippen molar-refractivity contribution in [3.8, 4) is 5.75 Å². The Morgan fingerprint density at radius 3 is 2.33 bits per heavy atom. The number of aryl methyl sites for hydroxylation is 2. The van der Waals surface area contributed by atoms with Gasteiger partial charge in [-0.25, -0.2) is 9.59 Å². The van der Waals surface area contributed by atoms with Gasteiger partial charge in [-0.3, -0.25) is 0 Å². The number of ether oxygens (including phenoxy) is 3. The van der Waals surface area contributed by atoms with E-state index in [0.717, 1.165) is 24.0 Å². The number of carbonyl (C=O) groups is 2. The van der Waals surface area contributed by atoms with Crippen LogP contribution < -0.4 is 4.74 Å². The van der Waals surface area contributed by atoms with Gasteiger partial charge < -0.3 is 14.2 Å². The lowest BCUT2D eigenvalue weighted by Gasteiger charge is -2.36. The van der Waals surface area contributed by atoms with Crippen molar-refractivity contribution in [2.24, 2.45) is 17.8 Å². The minimum absolute atomic E-state index is 0.0912. The molecule has 0 aromatic heterocycles. The maximum Gasteiger partial charge on any atom is 0.344 e. The maximum absolute atomic E-state index is 12.1. The summed E-state index contributed by atoms with van der Waals surface area (Å²) in [6.07, 6.45) is 3.02. The normalized spacial score (nSPS) is 22.4. The number of hydrogen-bond donors (Lipinski definition) is 0. The summed E-state index contributed by atoms with van der Waals surface area (Å²) in [5.74, 6) is 0.926. The first-order valence-electron chi connectivity index (χ1n) is 9.80. The fourth-order valence-corrected chi connectivity index (χ4v) is 3.79. The second kappa shape index (κ2) is 9.77. The van der Waals surface area contributed by atoms with E-state index in [0.29, 0.717) is 23.5 Å². The molecule has 0 saturated heterocycles. The highest BCUT2D eigenvalue weighted by molar-refractivity contribution is 5.77. The van der Waals surface area contributed by atoms with Gasteiger partial charge >= 0.3 is 11.9 Å².